The molecule has 1 fully saturated rings. The lowest BCUT2D eigenvalue weighted by molar-refractivity contribution is 0.0204. The monoisotopic (exact) mass is 374 g/mol. The normalized spacial score (nSPS) is 18.0. The molecule has 104 valence electrons. The molecule has 0 saturated carbocycles. The molecule has 4 nitrogen and oxygen atoms in total. The van der Waals surface area contributed by atoms with E-state index in [0.29, 0.717) is 12.6 Å². The number of rotatable bonds is 4. The number of hydrogen-bond donors (Lipinski definition) is 1. The molecular weight excluding hydrogens is 355 g/mol. The maximum absolute atomic E-state index is 12.0. The zero-order valence-corrected chi connectivity index (χ0v) is 13.2. The summed E-state index contributed by atoms with van der Waals surface area (Å²) in [5, 5.41) is 2.99. The smallest absolute Gasteiger partial charge is 0.251 e. The number of carbonyl (C=O) groups is 1. The van der Waals surface area contributed by atoms with Crippen molar-refractivity contribution in [2.75, 3.05) is 32.8 Å². The molecule has 1 saturated heterocycles. The van der Waals surface area contributed by atoms with Gasteiger partial charge in [0.15, 0.2) is 0 Å². The van der Waals surface area contributed by atoms with Crippen molar-refractivity contribution in [2.24, 2.45) is 0 Å². The third-order valence-electron chi connectivity index (χ3n) is 3.33. The van der Waals surface area contributed by atoms with Crippen LogP contribution in [0.2, 0.25) is 0 Å². The Balaban J connectivity index is 1.81. The van der Waals surface area contributed by atoms with Crippen molar-refractivity contribution >= 4 is 28.5 Å². The van der Waals surface area contributed by atoms with Crippen molar-refractivity contribution < 1.29 is 9.53 Å². The van der Waals surface area contributed by atoms with Crippen LogP contribution in [0, 0.1) is 3.57 Å². The lowest BCUT2D eigenvalue weighted by atomic mass is 10.2. The Labute approximate surface area is 127 Å². The number of halogens is 1. The molecule has 1 aliphatic rings. The highest BCUT2D eigenvalue weighted by Crippen LogP contribution is 2.07. The first-order valence-corrected chi connectivity index (χ1v) is 7.60. The summed E-state index contributed by atoms with van der Waals surface area (Å²) in [6.45, 7) is 6.27. The fraction of sp³-hybridized carbons (Fsp3) is 0.500. The van der Waals surface area contributed by atoms with Crippen LogP contribution < -0.4 is 5.32 Å². The molecular formula is C14H19IN2O2. The highest BCUT2D eigenvalue weighted by atomic mass is 127. The van der Waals surface area contributed by atoms with Gasteiger partial charge in [-0.1, -0.05) is 0 Å². The van der Waals surface area contributed by atoms with Gasteiger partial charge in [-0.2, -0.15) is 0 Å². The maximum Gasteiger partial charge on any atom is 0.251 e. The molecule has 0 bridgehead atoms. The van der Waals surface area contributed by atoms with Gasteiger partial charge in [-0.25, -0.2) is 0 Å². The Morgan fingerprint density at radius 1 is 1.37 bits per heavy atom. The molecule has 0 spiro atoms. The van der Waals surface area contributed by atoms with E-state index in [0.717, 1.165) is 35.4 Å². The number of benzene rings is 1. The Morgan fingerprint density at radius 3 is 2.63 bits per heavy atom. The lowest BCUT2D eigenvalue weighted by Gasteiger charge is -2.32. The number of morpholine rings is 1. The van der Waals surface area contributed by atoms with Crippen molar-refractivity contribution in [2.45, 2.75) is 13.0 Å². The summed E-state index contributed by atoms with van der Waals surface area (Å²) < 4.78 is 6.46. The van der Waals surface area contributed by atoms with Crippen molar-refractivity contribution in [1.82, 2.24) is 10.2 Å². The number of hydrogen-bond acceptors (Lipinski definition) is 3. The quantitative estimate of drug-likeness (QED) is 0.817. The molecule has 0 radical (unpaired) electrons. The average Bonchev–Trinajstić information content (AvgIpc) is 2.46. The van der Waals surface area contributed by atoms with Gasteiger partial charge in [-0.05, 0) is 53.8 Å². The first-order valence-electron chi connectivity index (χ1n) is 6.52. The minimum atomic E-state index is -0.00323. The van der Waals surface area contributed by atoms with Gasteiger partial charge < -0.3 is 10.1 Å². The Hall–Kier alpha value is -0.660. The van der Waals surface area contributed by atoms with E-state index in [-0.39, 0.29) is 5.91 Å². The second-order valence-electron chi connectivity index (χ2n) is 4.71. The van der Waals surface area contributed by atoms with Gasteiger partial charge in [-0.3, -0.25) is 9.69 Å². The Kier molecular flexibility index (Phi) is 5.59. The van der Waals surface area contributed by atoms with E-state index < -0.39 is 0 Å². The molecule has 1 amide bonds. The van der Waals surface area contributed by atoms with Crippen LogP contribution in [0.5, 0.6) is 0 Å². The van der Waals surface area contributed by atoms with E-state index >= 15 is 0 Å². The number of amides is 1. The largest absolute Gasteiger partial charge is 0.379 e. The molecule has 0 aliphatic carbocycles. The summed E-state index contributed by atoms with van der Waals surface area (Å²) in [5.74, 6) is -0.00323. The molecule has 1 unspecified atom stereocenters. The van der Waals surface area contributed by atoms with Gasteiger partial charge in [0, 0.05) is 34.8 Å². The predicted molar refractivity (Wildman–Crippen MR) is 83.3 cm³/mol. The van der Waals surface area contributed by atoms with E-state index in [9.17, 15) is 4.79 Å². The minimum Gasteiger partial charge on any atom is -0.379 e. The molecule has 0 aromatic heterocycles. The fourth-order valence-electron chi connectivity index (χ4n) is 2.09. The van der Waals surface area contributed by atoms with Crippen LogP contribution in [0.3, 0.4) is 0 Å². The zero-order chi connectivity index (χ0) is 13.7. The van der Waals surface area contributed by atoms with Crippen molar-refractivity contribution in [1.29, 1.82) is 0 Å². The van der Waals surface area contributed by atoms with Crippen LogP contribution >= 0.6 is 22.6 Å². The van der Waals surface area contributed by atoms with Crippen molar-refractivity contribution in [3.8, 4) is 0 Å². The minimum absolute atomic E-state index is 0.00323. The molecule has 1 heterocycles. The van der Waals surface area contributed by atoms with Crippen molar-refractivity contribution in [3.05, 3.63) is 33.4 Å². The summed E-state index contributed by atoms with van der Waals surface area (Å²) in [7, 11) is 0. The van der Waals surface area contributed by atoms with Gasteiger partial charge in [0.1, 0.15) is 0 Å². The topological polar surface area (TPSA) is 41.6 Å². The maximum atomic E-state index is 12.0. The summed E-state index contributed by atoms with van der Waals surface area (Å²) >= 11 is 2.23. The average molecular weight is 374 g/mol. The molecule has 1 atom stereocenters. The zero-order valence-electron chi connectivity index (χ0n) is 11.1. The highest BCUT2D eigenvalue weighted by molar-refractivity contribution is 14.1. The number of nitrogens with zero attached hydrogens (tertiary/aromatic N) is 1. The van der Waals surface area contributed by atoms with E-state index in [2.05, 4.69) is 39.7 Å². The second kappa shape index (κ2) is 7.21. The van der Waals surface area contributed by atoms with Gasteiger partial charge in [0.05, 0.1) is 13.2 Å². The number of ether oxygens (including phenoxy) is 1. The third-order valence-corrected chi connectivity index (χ3v) is 4.05. The molecule has 1 aliphatic heterocycles. The summed E-state index contributed by atoms with van der Waals surface area (Å²) in [6, 6.07) is 7.95. The van der Waals surface area contributed by atoms with E-state index in [4.69, 9.17) is 4.74 Å². The molecule has 5 heteroatoms. The van der Waals surface area contributed by atoms with Gasteiger partial charge in [0.2, 0.25) is 0 Å². The molecule has 1 N–H and O–H groups in total. The van der Waals surface area contributed by atoms with Crippen LogP contribution in [-0.2, 0) is 4.74 Å². The van der Waals surface area contributed by atoms with Crippen LogP contribution in [0.1, 0.15) is 17.3 Å². The summed E-state index contributed by atoms with van der Waals surface area (Å²) in [6.07, 6.45) is 0. The second-order valence-corrected chi connectivity index (χ2v) is 5.96. The third kappa shape index (κ3) is 4.43. The van der Waals surface area contributed by atoms with E-state index in [1.807, 2.05) is 24.3 Å². The summed E-state index contributed by atoms with van der Waals surface area (Å²) in [5.41, 5.74) is 0.717. The highest BCUT2D eigenvalue weighted by Gasteiger charge is 2.17. The van der Waals surface area contributed by atoms with Gasteiger partial charge in [0.25, 0.3) is 5.91 Å². The van der Waals surface area contributed by atoms with Crippen LogP contribution in [0.15, 0.2) is 24.3 Å². The number of nitrogens with one attached hydrogen (secondary N) is 1. The Bertz CT molecular complexity index is 416. The lowest BCUT2D eigenvalue weighted by Crippen LogP contribution is -2.47. The SMILES string of the molecule is CC(CNC(=O)c1ccc(I)cc1)N1CCOCC1. The van der Waals surface area contributed by atoms with Crippen molar-refractivity contribution in [3.63, 3.8) is 0 Å². The first-order chi connectivity index (χ1) is 9.16. The van der Waals surface area contributed by atoms with Crippen LogP contribution in [-0.4, -0.2) is 49.7 Å². The molecule has 2 rings (SSSR count). The van der Waals surface area contributed by atoms with Crippen LogP contribution in [0.4, 0.5) is 0 Å². The van der Waals surface area contributed by atoms with E-state index in [1.165, 1.54) is 0 Å². The predicted octanol–water partition coefficient (Wildman–Crippen LogP) is 1.74. The Morgan fingerprint density at radius 2 is 2.00 bits per heavy atom. The summed E-state index contributed by atoms with van der Waals surface area (Å²) in [4.78, 5) is 14.3. The van der Waals surface area contributed by atoms with E-state index in [1.54, 1.807) is 0 Å². The molecule has 1 aromatic rings. The fourth-order valence-corrected chi connectivity index (χ4v) is 2.45. The molecule has 1 aromatic carbocycles. The standard InChI is InChI=1S/C14H19IN2O2/c1-11(17-6-8-19-9-7-17)10-16-14(18)12-2-4-13(15)5-3-12/h2-5,11H,6-10H2,1H3,(H,16,18). The first kappa shape index (κ1) is 14.7. The van der Waals surface area contributed by atoms with Gasteiger partial charge >= 0.3 is 0 Å². The van der Waals surface area contributed by atoms with Gasteiger partial charge in [-0.15, -0.1) is 0 Å². The molecule has 19 heavy (non-hydrogen) atoms. The number of carbonyl (C=O) groups excluding carboxylic acids is 1. The van der Waals surface area contributed by atoms with Crippen LogP contribution in [0.25, 0.3) is 0 Å².